The molecule has 4 heteroatoms. The summed E-state index contributed by atoms with van der Waals surface area (Å²) < 4.78 is 5.77. The molecule has 1 amide bonds. The number of nitrogens with zero attached hydrogens (tertiary/aromatic N) is 1. The SMILES string of the molecule is CCN(C(=O)OCC1c2ccccc2-c2ccccc21)C(CO)c1ccccc1. The highest BCUT2D eigenvalue weighted by molar-refractivity contribution is 5.79. The lowest BCUT2D eigenvalue weighted by Crippen LogP contribution is -2.37. The number of fused-ring (bicyclic) bond motifs is 3. The molecule has 1 unspecified atom stereocenters. The predicted molar refractivity (Wildman–Crippen MR) is 114 cm³/mol. The number of ether oxygens (including phenoxy) is 1. The molecule has 3 aromatic rings. The number of aliphatic hydroxyl groups excluding tert-OH is 1. The highest BCUT2D eigenvalue weighted by Crippen LogP contribution is 2.44. The molecule has 0 aromatic heterocycles. The van der Waals surface area contributed by atoms with Gasteiger partial charge in [0.2, 0.25) is 0 Å². The van der Waals surface area contributed by atoms with Crippen molar-refractivity contribution in [1.29, 1.82) is 0 Å². The van der Waals surface area contributed by atoms with Gasteiger partial charge in [-0.15, -0.1) is 0 Å². The lowest BCUT2D eigenvalue weighted by Gasteiger charge is -2.29. The highest BCUT2D eigenvalue weighted by atomic mass is 16.6. The van der Waals surface area contributed by atoms with Gasteiger partial charge in [0, 0.05) is 12.5 Å². The van der Waals surface area contributed by atoms with Crippen LogP contribution in [-0.4, -0.2) is 35.9 Å². The van der Waals surface area contributed by atoms with Crippen LogP contribution in [0.15, 0.2) is 78.9 Å². The molecule has 4 nitrogen and oxygen atoms in total. The number of rotatable bonds is 6. The van der Waals surface area contributed by atoms with Gasteiger partial charge in [0.25, 0.3) is 0 Å². The maximum atomic E-state index is 12.9. The van der Waals surface area contributed by atoms with Crippen molar-refractivity contribution < 1.29 is 14.6 Å². The maximum Gasteiger partial charge on any atom is 0.410 e. The van der Waals surface area contributed by atoms with Crippen LogP contribution in [0.1, 0.15) is 35.6 Å². The third kappa shape index (κ3) is 3.64. The summed E-state index contributed by atoms with van der Waals surface area (Å²) in [7, 11) is 0. The van der Waals surface area contributed by atoms with Gasteiger partial charge in [-0.1, -0.05) is 78.9 Å². The molecule has 29 heavy (non-hydrogen) atoms. The van der Waals surface area contributed by atoms with E-state index in [2.05, 4.69) is 24.3 Å². The number of hydrogen-bond acceptors (Lipinski definition) is 3. The Morgan fingerprint density at radius 3 is 2.03 bits per heavy atom. The summed E-state index contributed by atoms with van der Waals surface area (Å²) in [5.74, 6) is 0.0226. The number of amides is 1. The van der Waals surface area contributed by atoms with E-state index >= 15 is 0 Å². The standard InChI is InChI=1S/C25H25NO3/c1-2-26(24(16-27)18-10-4-3-5-11-18)25(28)29-17-23-21-14-8-6-12-19(21)20-13-7-9-15-22(20)23/h3-15,23-24,27H,2,16-17H2,1H3. The first-order valence-corrected chi connectivity index (χ1v) is 10.0. The first-order chi connectivity index (χ1) is 14.2. The van der Waals surface area contributed by atoms with Crippen molar-refractivity contribution in [2.75, 3.05) is 19.8 Å². The van der Waals surface area contributed by atoms with Crippen LogP contribution < -0.4 is 0 Å². The maximum absolute atomic E-state index is 12.9. The minimum atomic E-state index is -0.420. The molecular weight excluding hydrogens is 362 g/mol. The van der Waals surface area contributed by atoms with Crippen molar-refractivity contribution in [3.8, 4) is 11.1 Å². The molecule has 0 saturated carbocycles. The van der Waals surface area contributed by atoms with Crippen molar-refractivity contribution in [3.05, 3.63) is 95.6 Å². The Morgan fingerprint density at radius 1 is 0.931 bits per heavy atom. The number of carbonyl (C=O) groups excluding carboxylic acids is 1. The monoisotopic (exact) mass is 387 g/mol. The molecule has 1 aliphatic rings. The summed E-state index contributed by atoms with van der Waals surface area (Å²) >= 11 is 0. The van der Waals surface area contributed by atoms with Gasteiger partial charge in [-0.2, -0.15) is 0 Å². The van der Waals surface area contributed by atoms with Crippen LogP contribution in [0.5, 0.6) is 0 Å². The van der Waals surface area contributed by atoms with E-state index in [1.54, 1.807) is 4.90 Å². The minimum absolute atomic E-state index is 0.0226. The smallest absolute Gasteiger partial charge is 0.410 e. The topological polar surface area (TPSA) is 49.8 Å². The van der Waals surface area contributed by atoms with Crippen LogP contribution in [0, 0.1) is 0 Å². The Bertz CT molecular complexity index is 941. The van der Waals surface area contributed by atoms with Crippen LogP contribution >= 0.6 is 0 Å². The van der Waals surface area contributed by atoms with Crippen LogP contribution in [0.25, 0.3) is 11.1 Å². The summed E-state index contributed by atoms with van der Waals surface area (Å²) in [6.07, 6.45) is -0.405. The molecule has 1 N–H and O–H groups in total. The van der Waals surface area contributed by atoms with Gasteiger partial charge in [0.05, 0.1) is 12.6 Å². The Labute approximate surface area is 171 Å². The van der Waals surface area contributed by atoms with Gasteiger partial charge >= 0.3 is 6.09 Å². The van der Waals surface area contributed by atoms with Gasteiger partial charge in [-0.05, 0) is 34.7 Å². The third-order valence-corrected chi connectivity index (χ3v) is 5.64. The lowest BCUT2D eigenvalue weighted by molar-refractivity contribution is 0.0693. The van der Waals surface area contributed by atoms with Crippen LogP contribution in [0.2, 0.25) is 0 Å². The first kappa shape index (κ1) is 19.2. The minimum Gasteiger partial charge on any atom is -0.448 e. The van der Waals surface area contributed by atoms with Crippen LogP contribution in [0.3, 0.4) is 0 Å². The zero-order valence-electron chi connectivity index (χ0n) is 16.5. The van der Waals surface area contributed by atoms with Crippen molar-refractivity contribution >= 4 is 6.09 Å². The quantitative estimate of drug-likeness (QED) is 0.648. The van der Waals surface area contributed by atoms with Gasteiger partial charge in [0.15, 0.2) is 0 Å². The molecule has 0 fully saturated rings. The fraction of sp³-hybridized carbons (Fsp3) is 0.240. The van der Waals surface area contributed by atoms with Gasteiger partial charge in [-0.25, -0.2) is 4.79 Å². The summed E-state index contributed by atoms with van der Waals surface area (Å²) in [6, 6.07) is 25.7. The van der Waals surface area contributed by atoms with Crippen LogP contribution in [0.4, 0.5) is 4.79 Å². The number of likely N-dealkylation sites (N-methyl/N-ethyl adjacent to an activating group) is 1. The summed E-state index contributed by atoms with van der Waals surface area (Å²) in [4.78, 5) is 14.5. The van der Waals surface area contributed by atoms with Crippen molar-refractivity contribution in [3.63, 3.8) is 0 Å². The second-order valence-corrected chi connectivity index (χ2v) is 7.20. The zero-order chi connectivity index (χ0) is 20.2. The third-order valence-electron chi connectivity index (χ3n) is 5.64. The molecule has 0 bridgehead atoms. The number of benzene rings is 3. The predicted octanol–water partition coefficient (Wildman–Crippen LogP) is 4.99. The van der Waals surface area contributed by atoms with Gasteiger partial charge in [0.1, 0.15) is 6.61 Å². The van der Waals surface area contributed by atoms with E-state index in [1.165, 1.54) is 22.3 Å². The molecule has 3 aromatic carbocycles. The summed E-state index contributed by atoms with van der Waals surface area (Å²) in [5.41, 5.74) is 5.67. The molecule has 1 aliphatic carbocycles. The fourth-order valence-electron chi connectivity index (χ4n) is 4.21. The number of carbonyl (C=O) groups is 1. The number of hydrogen-bond donors (Lipinski definition) is 1. The van der Waals surface area contributed by atoms with E-state index < -0.39 is 12.1 Å². The van der Waals surface area contributed by atoms with E-state index in [1.807, 2.05) is 61.5 Å². The second kappa shape index (κ2) is 8.50. The molecule has 148 valence electrons. The summed E-state index contributed by atoms with van der Waals surface area (Å²) in [5, 5.41) is 9.92. The van der Waals surface area contributed by atoms with E-state index in [0.717, 1.165) is 5.56 Å². The van der Waals surface area contributed by atoms with Crippen LogP contribution in [-0.2, 0) is 4.74 Å². The number of aliphatic hydroxyl groups is 1. The van der Waals surface area contributed by atoms with E-state index in [4.69, 9.17) is 4.74 Å². The largest absolute Gasteiger partial charge is 0.448 e. The molecule has 4 rings (SSSR count). The fourth-order valence-corrected chi connectivity index (χ4v) is 4.21. The van der Waals surface area contributed by atoms with Gasteiger partial charge in [-0.3, -0.25) is 4.90 Å². The average molecular weight is 387 g/mol. The molecule has 0 radical (unpaired) electrons. The molecule has 1 atom stereocenters. The zero-order valence-corrected chi connectivity index (χ0v) is 16.5. The Balaban J connectivity index is 1.53. The van der Waals surface area contributed by atoms with E-state index in [-0.39, 0.29) is 19.1 Å². The normalized spacial score (nSPS) is 13.4. The van der Waals surface area contributed by atoms with Crippen molar-refractivity contribution in [2.45, 2.75) is 18.9 Å². The Morgan fingerprint density at radius 2 is 1.48 bits per heavy atom. The average Bonchev–Trinajstić information content (AvgIpc) is 3.10. The molecule has 0 heterocycles. The first-order valence-electron chi connectivity index (χ1n) is 10.0. The Hall–Kier alpha value is -3.11. The van der Waals surface area contributed by atoms with Crippen molar-refractivity contribution in [2.24, 2.45) is 0 Å². The Kier molecular flexibility index (Phi) is 5.63. The van der Waals surface area contributed by atoms with E-state index in [0.29, 0.717) is 6.54 Å². The molecule has 0 aliphatic heterocycles. The highest BCUT2D eigenvalue weighted by Gasteiger charge is 2.31. The molecule has 0 spiro atoms. The van der Waals surface area contributed by atoms with Gasteiger partial charge < -0.3 is 9.84 Å². The summed E-state index contributed by atoms with van der Waals surface area (Å²) in [6.45, 7) is 2.47. The molecular formula is C25H25NO3. The lowest BCUT2D eigenvalue weighted by atomic mass is 9.98. The second-order valence-electron chi connectivity index (χ2n) is 7.20. The van der Waals surface area contributed by atoms with E-state index in [9.17, 15) is 9.90 Å². The molecule has 0 saturated heterocycles. The van der Waals surface area contributed by atoms with Crippen molar-refractivity contribution in [1.82, 2.24) is 4.90 Å².